The average Bonchev–Trinajstić information content (AvgIpc) is 2.26. The van der Waals surface area contributed by atoms with Crippen LogP contribution in [0.4, 0.5) is 0 Å². The van der Waals surface area contributed by atoms with Crippen LogP contribution < -0.4 is 4.74 Å². The molecule has 0 unspecified atom stereocenters. The lowest BCUT2D eigenvalue weighted by Gasteiger charge is -2.29. The van der Waals surface area contributed by atoms with E-state index in [1.165, 1.54) is 0 Å². The molecule has 1 aromatic rings. The summed E-state index contributed by atoms with van der Waals surface area (Å²) in [5.74, 6) is 0.946. The molecule has 0 atom stereocenters. The molecular formula is C17H25NO. The topological polar surface area (TPSA) is 33.0 Å². The maximum atomic E-state index is 9.25. The molecule has 0 N–H and O–H groups in total. The molecule has 0 saturated heterocycles. The van der Waals surface area contributed by atoms with Crippen molar-refractivity contribution in [2.75, 3.05) is 6.61 Å². The van der Waals surface area contributed by atoms with Gasteiger partial charge in [0.25, 0.3) is 0 Å². The summed E-state index contributed by atoms with van der Waals surface area (Å²) in [5.41, 5.74) is 2.84. The van der Waals surface area contributed by atoms with E-state index >= 15 is 0 Å². The Bertz CT molecular complexity index is 460. The lowest BCUT2D eigenvalue weighted by atomic mass is 9.78. The molecule has 0 aliphatic rings. The van der Waals surface area contributed by atoms with E-state index in [1.54, 1.807) is 0 Å². The second kappa shape index (κ2) is 5.25. The first-order chi connectivity index (χ1) is 8.61. The van der Waals surface area contributed by atoms with Crippen LogP contribution in [-0.4, -0.2) is 6.61 Å². The quantitative estimate of drug-likeness (QED) is 0.780. The molecule has 0 radical (unpaired) electrons. The van der Waals surface area contributed by atoms with Gasteiger partial charge in [-0.2, -0.15) is 5.26 Å². The fraction of sp³-hybridized carbons (Fsp3) is 0.588. The molecule has 19 heavy (non-hydrogen) atoms. The Labute approximate surface area is 117 Å². The maximum Gasteiger partial charge on any atom is 0.126 e. The minimum Gasteiger partial charge on any atom is -0.493 e. The summed E-state index contributed by atoms with van der Waals surface area (Å²) < 4.78 is 5.91. The highest BCUT2D eigenvalue weighted by molar-refractivity contribution is 5.53. The Balaban J connectivity index is 3.66. The lowest BCUT2D eigenvalue weighted by molar-refractivity contribution is 0.319. The van der Waals surface area contributed by atoms with Crippen LogP contribution in [-0.2, 0) is 10.8 Å². The van der Waals surface area contributed by atoms with Gasteiger partial charge in [-0.25, -0.2) is 0 Å². The molecule has 0 aliphatic carbocycles. The van der Waals surface area contributed by atoms with Crippen LogP contribution in [0.3, 0.4) is 0 Å². The van der Waals surface area contributed by atoms with Crippen LogP contribution in [0.1, 0.15) is 65.2 Å². The van der Waals surface area contributed by atoms with Gasteiger partial charge < -0.3 is 4.74 Å². The molecule has 0 saturated carbocycles. The van der Waals surface area contributed by atoms with Gasteiger partial charge in [-0.15, -0.1) is 0 Å². The van der Waals surface area contributed by atoms with Crippen LogP contribution >= 0.6 is 0 Å². The van der Waals surface area contributed by atoms with Crippen LogP contribution in [0.15, 0.2) is 12.1 Å². The van der Waals surface area contributed by atoms with E-state index in [4.69, 9.17) is 4.74 Å². The van der Waals surface area contributed by atoms with Crippen molar-refractivity contribution >= 4 is 0 Å². The summed E-state index contributed by atoms with van der Waals surface area (Å²) in [4.78, 5) is 0. The lowest BCUT2D eigenvalue weighted by Crippen LogP contribution is -2.20. The van der Waals surface area contributed by atoms with Gasteiger partial charge in [-0.05, 0) is 29.9 Å². The summed E-state index contributed by atoms with van der Waals surface area (Å²) >= 11 is 0. The standard InChI is InChI=1S/C17H25NO/c1-8-19-15-13(16(2,3)4)9-12(11-18)10-14(15)17(5,6)7/h9-10H,8H2,1-7H3. The zero-order chi connectivity index (χ0) is 14.8. The van der Waals surface area contributed by atoms with E-state index in [0.717, 1.165) is 16.9 Å². The van der Waals surface area contributed by atoms with E-state index in [-0.39, 0.29) is 10.8 Å². The van der Waals surface area contributed by atoms with Crippen molar-refractivity contribution in [2.24, 2.45) is 0 Å². The molecule has 1 aromatic carbocycles. The third-order valence-electron chi connectivity index (χ3n) is 3.12. The zero-order valence-corrected chi connectivity index (χ0v) is 13.2. The molecule has 0 heterocycles. The molecule has 2 nitrogen and oxygen atoms in total. The van der Waals surface area contributed by atoms with Crippen LogP contribution in [0.25, 0.3) is 0 Å². The van der Waals surface area contributed by atoms with E-state index in [2.05, 4.69) is 47.6 Å². The van der Waals surface area contributed by atoms with Crippen molar-refractivity contribution in [3.05, 3.63) is 28.8 Å². The van der Waals surface area contributed by atoms with Gasteiger partial charge >= 0.3 is 0 Å². The first-order valence-corrected chi connectivity index (χ1v) is 6.83. The molecule has 0 fully saturated rings. The second-order valence-corrected chi connectivity index (χ2v) is 6.95. The average molecular weight is 259 g/mol. The van der Waals surface area contributed by atoms with Gasteiger partial charge in [0.15, 0.2) is 0 Å². The smallest absolute Gasteiger partial charge is 0.126 e. The highest BCUT2D eigenvalue weighted by Gasteiger charge is 2.27. The molecule has 0 bridgehead atoms. The summed E-state index contributed by atoms with van der Waals surface area (Å²) in [6.45, 7) is 15.5. The molecule has 2 heteroatoms. The summed E-state index contributed by atoms with van der Waals surface area (Å²) in [5, 5.41) is 9.25. The van der Waals surface area contributed by atoms with Crippen molar-refractivity contribution in [3.8, 4) is 11.8 Å². The molecule has 1 rings (SSSR count). The fourth-order valence-electron chi connectivity index (χ4n) is 2.11. The number of nitrogens with zero attached hydrogens (tertiary/aromatic N) is 1. The van der Waals surface area contributed by atoms with Crippen molar-refractivity contribution < 1.29 is 4.74 Å². The highest BCUT2D eigenvalue weighted by atomic mass is 16.5. The normalized spacial score (nSPS) is 12.1. The number of ether oxygens (including phenoxy) is 1. The Morgan fingerprint density at radius 3 is 1.68 bits per heavy atom. The third-order valence-corrected chi connectivity index (χ3v) is 3.12. The Hall–Kier alpha value is -1.49. The highest BCUT2D eigenvalue weighted by Crippen LogP contribution is 2.40. The minimum atomic E-state index is -0.0443. The SMILES string of the molecule is CCOc1c(C(C)(C)C)cc(C#N)cc1C(C)(C)C. The second-order valence-electron chi connectivity index (χ2n) is 6.95. The number of benzene rings is 1. The van der Waals surface area contributed by atoms with Gasteiger partial charge in [-0.1, -0.05) is 41.5 Å². The third kappa shape index (κ3) is 3.50. The summed E-state index contributed by atoms with van der Waals surface area (Å²) in [7, 11) is 0. The van der Waals surface area contributed by atoms with Crippen molar-refractivity contribution in [1.82, 2.24) is 0 Å². The first-order valence-electron chi connectivity index (χ1n) is 6.83. The van der Waals surface area contributed by atoms with Crippen LogP contribution in [0, 0.1) is 11.3 Å². The van der Waals surface area contributed by atoms with Gasteiger partial charge in [0.1, 0.15) is 5.75 Å². The van der Waals surface area contributed by atoms with E-state index in [1.807, 2.05) is 19.1 Å². The molecule has 0 amide bonds. The first kappa shape index (κ1) is 15.6. The number of rotatable bonds is 2. The fourth-order valence-corrected chi connectivity index (χ4v) is 2.11. The van der Waals surface area contributed by atoms with Crippen LogP contribution in [0.5, 0.6) is 5.75 Å². The van der Waals surface area contributed by atoms with E-state index in [0.29, 0.717) is 12.2 Å². The maximum absolute atomic E-state index is 9.25. The van der Waals surface area contributed by atoms with Crippen molar-refractivity contribution in [1.29, 1.82) is 5.26 Å². The molecule has 0 aromatic heterocycles. The largest absolute Gasteiger partial charge is 0.493 e. The molecule has 0 aliphatic heterocycles. The Kier molecular flexibility index (Phi) is 4.30. The van der Waals surface area contributed by atoms with Crippen molar-refractivity contribution in [3.63, 3.8) is 0 Å². The van der Waals surface area contributed by atoms with Gasteiger partial charge in [0, 0.05) is 11.1 Å². The Morgan fingerprint density at radius 1 is 1.00 bits per heavy atom. The number of nitriles is 1. The predicted molar refractivity (Wildman–Crippen MR) is 79.7 cm³/mol. The number of hydrogen-bond acceptors (Lipinski definition) is 2. The molecular weight excluding hydrogens is 234 g/mol. The molecule has 104 valence electrons. The zero-order valence-electron chi connectivity index (χ0n) is 13.2. The van der Waals surface area contributed by atoms with Gasteiger partial charge in [-0.3, -0.25) is 0 Å². The summed E-state index contributed by atoms with van der Waals surface area (Å²) in [6, 6.07) is 6.18. The number of hydrogen-bond donors (Lipinski definition) is 0. The predicted octanol–water partition coefficient (Wildman–Crippen LogP) is 4.55. The Morgan fingerprint density at radius 2 is 1.42 bits per heavy atom. The van der Waals surface area contributed by atoms with Crippen molar-refractivity contribution in [2.45, 2.75) is 59.3 Å². The van der Waals surface area contributed by atoms with Gasteiger partial charge in [0.05, 0.1) is 18.2 Å². The molecule has 0 spiro atoms. The van der Waals surface area contributed by atoms with Crippen LogP contribution in [0.2, 0.25) is 0 Å². The van der Waals surface area contributed by atoms with E-state index < -0.39 is 0 Å². The van der Waals surface area contributed by atoms with Gasteiger partial charge in [0.2, 0.25) is 0 Å². The summed E-state index contributed by atoms with van der Waals surface area (Å²) in [6.07, 6.45) is 0. The van der Waals surface area contributed by atoms with E-state index in [9.17, 15) is 5.26 Å². The monoisotopic (exact) mass is 259 g/mol. The minimum absolute atomic E-state index is 0.0443.